The first-order valence-corrected chi connectivity index (χ1v) is 6.06. The van der Waals surface area contributed by atoms with E-state index in [-0.39, 0.29) is 12.4 Å². The molecule has 2 rings (SSSR count). The van der Waals surface area contributed by atoms with E-state index in [4.69, 9.17) is 4.74 Å². The summed E-state index contributed by atoms with van der Waals surface area (Å²) in [7, 11) is 0. The van der Waals surface area contributed by atoms with E-state index in [2.05, 4.69) is 0 Å². The van der Waals surface area contributed by atoms with Crippen molar-refractivity contribution in [1.82, 2.24) is 0 Å². The van der Waals surface area contributed by atoms with Gasteiger partial charge in [0.2, 0.25) is 0 Å². The van der Waals surface area contributed by atoms with Crippen LogP contribution in [0.2, 0.25) is 0 Å². The maximum absolute atomic E-state index is 11.8. The van der Waals surface area contributed by atoms with E-state index < -0.39 is 0 Å². The van der Waals surface area contributed by atoms with Gasteiger partial charge in [0.1, 0.15) is 6.61 Å². The van der Waals surface area contributed by atoms with Gasteiger partial charge < -0.3 is 4.74 Å². The van der Waals surface area contributed by atoms with Gasteiger partial charge in [0.25, 0.3) is 0 Å². The Morgan fingerprint density at radius 3 is 2.50 bits per heavy atom. The molecule has 16 heavy (non-hydrogen) atoms. The molecule has 0 radical (unpaired) electrons. The van der Waals surface area contributed by atoms with Crippen molar-refractivity contribution in [3.8, 4) is 0 Å². The highest BCUT2D eigenvalue weighted by Crippen LogP contribution is 2.20. The Labute approximate surface area is 96.6 Å². The number of rotatable bonds is 4. The van der Waals surface area contributed by atoms with Gasteiger partial charge in [-0.1, -0.05) is 49.6 Å². The smallest absolute Gasteiger partial charge is 0.188 e. The molecule has 0 N–H and O–H groups in total. The van der Waals surface area contributed by atoms with Crippen molar-refractivity contribution < 1.29 is 9.53 Å². The molecule has 0 bridgehead atoms. The minimum absolute atomic E-state index is 0.0890. The maximum atomic E-state index is 11.8. The predicted octanol–water partition coefficient (Wildman–Crippen LogP) is 3.22. The van der Waals surface area contributed by atoms with Gasteiger partial charge in [-0.2, -0.15) is 0 Å². The monoisotopic (exact) mass is 218 g/mol. The van der Waals surface area contributed by atoms with E-state index in [9.17, 15) is 4.79 Å². The predicted molar refractivity (Wildman–Crippen MR) is 63.6 cm³/mol. The molecule has 0 unspecified atom stereocenters. The Morgan fingerprint density at radius 2 is 1.81 bits per heavy atom. The molecule has 2 nitrogen and oxygen atoms in total. The van der Waals surface area contributed by atoms with Crippen LogP contribution in [0.5, 0.6) is 0 Å². The standard InChI is InChI=1S/C14H18O2/c15-14(12-7-3-1-4-8-12)11-16-13-9-5-2-6-10-13/h1,3-4,7-8,13H,2,5-6,9-11H2. The number of ether oxygens (including phenoxy) is 1. The molecule has 0 amide bonds. The largest absolute Gasteiger partial charge is 0.370 e. The van der Waals surface area contributed by atoms with E-state index in [1.165, 1.54) is 19.3 Å². The summed E-state index contributed by atoms with van der Waals surface area (Å²) in [5.41, 5.74) is 0.748. The second-order valence-corrected chi connectivity index (χ2v) is 4.36. The van der Waals surface area contributed by atoms with Crippen molar-refractivity contribution in [2.45, 2.75) is 38.2 Å². The molecule has 0 spiro atoms. The summed E-state index contributed by atoms with van der Waals surface area (Å²) >= 11 is 0. The Kier molecular flexibility index (Phi) is 4.11. The molecule has 0 aromatic heterocycles. The maximum Gasteiger partial charge on any atom is 0.188 e. The third kappa shape index (κ3) is 3.17. The molecule has 0 aliphatic heterocycles. The average molecular weight is 218 g/mol. The lowest BCUT2D eigenvalue weighted by Crippen LogP contribution is -2.20. The lowest BCUT2D eigenvalue weighted by Gasteiger charge is -2.21. The molecular weight excluding hydrogens is 200 g/mol. The molecule has 0 heterocycles. The van der Waals surface area contributed by atoms with E-state index in [1.807, 2.05) is 30.3 Å². The summed E-state index contributed by atoms with van der Waals surface area (Å²) in [6.45, 7) is 0.231. The number of ketones is 1. The van der Waals surface area contributed by atoms with Crippen molar-refractivity contribution >= 4 is 5.78 Å². The SMILES string of the molecule is O=C(COC1CCCCC1)c1ccccc1. The molecule has 1 aliphatic carbocycles. The van der Waals surface area contributed by atoms with Gasteiger partial charge in [-0.3, -0.25) is 4.79 Å². The van der Waals surface area contributed by atoms with E-state index in [0.29, 0.717) is 6.10 Å². The fourth-order valence-corrected chi connectivity index (χ4v) is 2.13. The number of Topliss-reactive ketones (excluding diaryl/α,β-unsaturated/α-hetero) is 1. The van der Waals surface area contributed by atoms with Crippen LogP contribution in [0.25, 0.3) is 0 Å². The molecular formula is C14H18O2. The van der Waals surface area contributed by atoms with Crippen molar-refractivity contribution in [2.75, 3.05) is 6.61 Å². The molecule has 0 saturated heterocycles. The van der Waals surface area contributed by atoms with Crippen LogP contribution in [0, 0.1) is 0 Å². The molecule has 1 aromatic rings. The second-order valence-electron chi connectivity index (χ2n) is 4.36. The van der Waals surface area contributed by atoms with Gasteiger partial charge in [-0.25, -0.2) is 0 Å². The molecule has 1 aliphatic rings. The summed E-state index contributed by atoms with van der Waals surface area (Å²) in [4.78, 5) is 11.8. The minimum Gasteiger partial charge on any atom is -0.370 e. The molecule has 86 valence electrons. The average Bonchev–Trinajstić information content (AvgIpc) is 2.38. The van der Waals surface area contributed by atoms with Crippen LogP contribution < -0.4 is 0 Å². The van der Waals surface area contributed by atoms with Gasteiger partial charge in [0.15, 0.2) is 5.78 Å². The van der Waals surface area contributed by atoms with E-state index in [1.54, 1.807) is 0 Å². The quantitative estimate of drug-likeness (QED) is 0.725. The number of carbonyl (C=O) groups is 1. The summed E-state index contributed by atoms with van der Waals surface area (Å²) in [6, 6.07) is 9.36. The number of benzene rings is 1. The lowest BCUT2D eigenvalue weighted by molar-refractivity contribution is 0.0284. The zero-order chi connectivity index (χ0) is 11.2. The first-order valence-electron chi connectivity index (χ1n) is 6.06. The van der Waals surface area contributed by atoms with Crippen molar-refractivity contribution in [2.24, 2.45) is 0 Å². The molecule has 1 aromatic carbocycles. The van der Waals surface area contributed by atoms with Crippen LogP contribution >= 0.6 is 0 Å². The van der Waals surface area contributed by atoms with Crippen molar-refractivity contribution in [3.05, 3.63) is 35.9 Å². The first kappa shape index (κ1) is 11.3. The second kappa shape index (κ2) is 5.80. The molecule has 0 atom stereocenters. The van der Waals surface area contributed by atoms with Crippen LogP contribution in [-0.2, 0) is 4.74 Å². The van der Waals surface area contributed by atoms with E-state index in [0.717, 1.165) is 18.4 Å². The minimum atomic E-state index is 0.0890. The Hall–Kier alpha value is -1.15. The van der Waals surface area contributed by atoms with Crippen LogP contribution in [0.1, 0.15) is 42.5 Å². The lowest BCUT2D eigenvalue weighted by atomic mass is 9.98. The van der Waals surface area contributed by atoms with Crippen LogP contribution in [0.4, 0.5) is 0 Å². The Balaban J connectivity index is 1.79. The fraction of sp³-hybridized carbons (Fsp3) is 0.500. The molecule has 2 heteroatoms. The highest BCUT2D eigenvalue weighted by molar-refractivity contribution is 5.96. The summed E-state index contributed by atoms with van der Waals surface area (Å²) in [5, 5.41) is 0. The summed E-state index contributed by atoms with van der Waals surface area (Å²) < 4.78 is 5.65. The third-order valence-electron chi connectivity index (χ3n) is 3.10. The topological polar surface area (TPSA) is 26.3 Å². The first-order chi connectivity index (χ1) is 7.86. The van der Waals surface area contributed by atoms with Crippen molar-refractivity contribution in [3.63, 3.8) is 0 Å². The summed E-state index contributed by atoms with van der Waals surface area (Å²) in [6.07, 6.45) is 6.33. The molecule has 1 fully saturated rings. The molecule has 1 saturated carbocycles. The van der Waals surface area contributed by atoms with Crippen LogP contribution in [0.15, 0.2) is 30.3 Å². The Bertz CT molecular complexity index is 326. The number of carbonyl (C=O) groups excluding carboxylic acids is 1. The van der Waals surface area contributed by atoms with Gasteiger partial charge in [-0.15, -0.1) is 0 Å². The number of hydrogen-bond acceptors (Lipinski definition) is 2. The highest BCUT2D eigenvalue weighted by Gasteiger charge is 2.15. The van der Waals surface area contributed by atoms with Gasteiger partial charge in [-0.05, 0) is 12.8 Å². The van der Waals surface area contributed by atoms with Gasteiger partial charge in [0.05, 0.1) is 6.10 Å². The van der Waals surface area contributed by atoms with Gasteiger partial charge in [0, 0.05) is 5.56 Å². The third-order valence-corrected chi connectivity index (χ3v) is 3.10. The normalized spacial score (nSPS) is 17.2. The zero-order valence-corrected chi connectivity index (χ0v) is 9.52. The number of hydrogen-bond donors (Lipinski definition) is 0. The van der Waals surface area contributed by atoms with E-state index >= 15 is 0 Å². The Morgan fingerprint density at radius 1 is 1.12 bits per heavy atom. The zero-order valence-electron chi connectivity index (χ0n) is 9.52. The summed E-state index contributed by atoms with van der Waals surface area (Å²) in [5.74, 6) is 0.0890. The fourth-order valence-electron chi connectivity index (χ4n) is 2.13. The van der Waals surface area contributed by atoms with Crippen LogP contribution in [-0.4, -0.2) is 18.5 Å². The van der Waals surface area contributed by atoms with Crippen molar-refractivity contribution in [1.29, 1.82) is 0 Å². The van der Waals surface area contributed by atoms with Crippen LogP contribution in [0.3, 0.4) is 0 Å². The van der Waals surface area contributed by atoms with Gasteiger partial charge >= 0.3 is 0 Å². The highest BCUT2D eigenvalue weighted by atomic mass is 16.5.